The van der Waals surface area contributed by atoms with E-state index in [-0.39, 0.29) is 0 Å². The summed E-state index contributed by atoms with van der Waals surface area (Å²) in [5, 5.41) is 2.91. The molecular formula is C16H33Cl2N8O2P. The average molecular weight is 471 g/mol. The van der Waals surface area contributed by atoms with Crippen LogP contribution in [0.2, 0.25) is 0 Å². The van der Waals surface area contributed by atoms with E-state index in [0.717, 1.165) is 13.0 Å². The quantitative estimate of drug-likeness (QED) is 0.448. The normalized spacial score (nSPS) is 18.8. The second-order valence-corrected chi connectivity index (χ2v) is 9.80. The number of alkyl halides is 2. The highest BCUT2D eigenvalue weighted by atomic mass is 35.5. The topological polar surface area (TPSA) is 90.0 Å². The summed E-state index contributed by atoms with van der Waals surface area (Å²) >= 11 is 11.2. The number of halogens is 2. The van der Waals surface area contributed by atoms with Gasteiger partial charge in [0.1, 0.15) is 0 Å². The predicted molar refractivity (Wildman–Crippen MR) is 122 cm³/mol. The maximum absolute atomic E-state index is 12.2. The first-order valence-corrected chi connectivity index (χ1v) is 11.9. The van der Waals surface area contributed by atoms with Gasteiger partial charge in [0.15, 0.2) is 0 Å². The van der Waals surface area contributed by atoms with Gasteiger partial charge in [-0.15, -0.1) is 23.2 Å². The van der Waals surface area contributed by atoms with E-state index in [1.165, 1.54) is 0 Å². The summed E-state index contributed by atoms with van der Waals surface area (Å²) in [4.78, 5) is 18.5. The number of hydrogen-bond acceptors (Lipinski definition) is 8. The van der Waals surface area contributed by atoms with Crippen LogP contribution in [-0.4, -0.2) is 99.9 Å². The molecule has 0 amide bonds. The van der Waals surface area contributed by atoms with Crippen LogP contribution in [0.4, 0.5) is 17.8 Å². The second-order valence-electron chi connectivity index (χ2n) is 6.87. The van der Waals surface area contributed by atoms with E-state index >= 15 is 0 Å². The Morgan fingerprint density at radius 2 is 1.31 bits per heavy atom. The van der Waals surface area contributed by atoms with Crippen molar-refractivity contribution in [1.29, 1.82) is 0 Å². The lowest BCUT2D eigenvalue weighted by molar-refractivity contribution is 0.233. The summed E-state index contributed by atoms with van der Waals surface area (Å²) in [5.41, 5.74) is 0. The van der Waals surface area contributed by atoms with Crippen molar-refractivity contribution in [2.75, 3.05) is 95.0 Å². The third kappa shape index (κ3) is 8.39. The Labute approximate surface area is 184 Å². The molecule has 2 heterocycles. The lowest BCUT2D eigenvalue weighted by atomic mass is 10.5. The van der Waals surface area contributed by atoms with Crippen molar-refractivity contribution in [2.24, 2.45) is 0 Å². The lowest BCUT2D eigenvalue weighted by Gasteiger charge is -2.33. The highest BCUT2D eigenvalue weighted by molar-refractivity contribution is 7.54. The standard InChI is InChI=1S/C9H18N6.C7H15Cl2N2O2P/c1-13(2)7-10-8(14(3)4)12-9(11-7)15(5)6;8-2-5-11(6-3-9)14(12)10-4-1-7-13-14/h1-6H3;1-7H2,(H,10,12). The first-order valence-electron chi connectivity index (χ1n) is 9.29. The van der Waals surface area contributed by atoms with E-state index in [9.17, 15) is 4.57 Å². The number of hydrogen-bond donors (Lipinski definition) is 1. The fourth-order valence-corrected chi connectivity index (χ4v) is 4.86. The Hall–Kier alpha value is -0.900. The van der Waals surface area contributed by atoms with Crippen LogP contribution in [0.1, 0.15) is 6.42 Å². The highest BCUT2D eigenvalue weighted by Gasteiger charge is 2.32. The molecule has 1 fully saturated rings. The van der Waals surface area contributed by atoms with Gasteiger partial charge >= 0.3 is 7.67 Å². The molecule has 1 aromatic rings. The molecule has 10 nitrogen and oxygen atoms in total. The largest absolute Gasteiger partial charge is 0.347 e. The summed E-state index contributed by atoms with van der Waals surface area (Å²) < 4.78 is 19.2. The summed E-state index contributed by atoms with van der Waals surface area (Å²) in [6.07, 6.45) is 0.888. The van der Waals surface area contributed by atoms with Crippen LogP contribution in [0.5, 0.6) is 0 Å². The molecular weight excluding hydrogens is 438 g/mol. The van der Waals surface area contributed by atoms with Crippen LogP contribution >= 0.6 is 30.9 Å². The highest BCUT2D eigenvalue weighted by Crippen LogP contribution is 2.48. The Morgan fingerprint density at radius 3 is 1.59 bits per heavy atom. The van der Waals surface area contributed by atoms with Gasteiger partial charge in [-0.25, -0.2) is 9.76 Å². The molecule has 168 valence electrons. The van der Waals surface area contributed by atoms with Gasteiger partial charge in [-0.1, -0.05) is 0 Å². The predicted octanol–water partition coefficient (Wildman–Crippen LogP) is 1.95. The van der Waals surface area contributed by atoms with Crippen molar-refractivity contribution in [3.05, 3.63) is 0 Å². The fraction of sp³-hybridized carbons (Fsp3) is 0.812. The van der Waals surface area contributed by atoms with Crippen molar-refractivity contribution < 1.29 is 9.09 Å². The molecule has 13 heteroatoms. The molecule has 0 bridgehead atoms. The first-order chi connectivity index (χ1) is 13.6. The maximum atomic E-state index is 12.2. The molecule has 1 aliphatic heterocycles. The Kier molecular flexibility index (Phi) is 11.5. The maximum Gasteiger partial charge on any atom is 0.343 e. The minimum atomic E-state index is -2.84. The van der Waals surface area contributed by atoms with Crippen molar-refractivity contribution in [3.8, 4) is 0 Å². The Morgan fingerprint density at radius 1 is 0.897 bits per heavy atom. The Bertz CT molecular complexity index is 585. The summed E-state index contributed by atoms with van der Waals surface area (Å²) in [5.74, 6) is 2.84. The molecule has 1 saturated heterocycles. The van der Waals surface area contributed by atoms with E-state index < -0.39 is 7.67 Å². The molecule has 29 heavy (non-hydrogen) atoms. The number of nitrogens with zero attached hydrogens (tertiary/aromatic N) is 7. The van der Waals surface area contributed by atoms with E-state index in [4.69, 9.17) is 27.7 Å². The van der Waals surface area contributed by atoms with Gasteiger partial charge in [-0.3, -0.25) is 4.57 Å². The van der Waals surface area contributed by atoms with E-state index in [0.29, 0.717) is 49.3 Å². The molecule has 1 N–H and O–H groups in total. The third-order valence-electron chi connectivity index (χ3n) is 3.76. The van der Waals surface area contributed by atoms with Gasteiger partial charge in [0.05, 0.1) is 6.61 Å². The molecule has 0 saturated carbocycles. The zero-order chi connectivity index (χ0) is 22.0. The lowest BCUT2D eigenvalue weighted by Crippen LogP contribution is -2.35. The van der Waals surface area contributed by atoms with Gasteiger partial charge in [0, 0.05) is 73.7 Å². The van der Waals surface area contributed by atoms with Crippen LogP contribution in [0.15, 0.2) is 0 Å². The molecule has 0 spiro atoms. The monoisotopic (exact) mass is 470 g/mol. The summed E-state index contributed by atoms with van der Waals surface area (Å²) in [6.45, 7) is 2.31. The van der Waals surface area contributed by atoms with E-state index in [2.05, 4.69) is 20.0 Å². The van der Waals surface area contributed by atoms with Crippen molar-refractivity contribution in [1.82, 2.24) is 24.7 Å². The SMILES string of the molecule is CN(C)c1nc(N(C)C)nc(N(C)C)n1.O=P1(N(CCCl)CCCl)NCCCO1. The van der Waals surface area contributed by atoms with Crippen molar-refractivity contribution in [2.45, 2.75) is 6.42 Å². The van der Waals surface area contributed by atoms with Crippen molar-refractivity contribution in [3.63, 3.8) is 0 Å². The average Bonchev–Trinajstić information content (AvgIpc) is 2.68. The molecule has 0 radical (unpaired) electrons. The van der Waals surface area contributed by atoms with Crippen LogP contribution in [0.25, 0.3) is 0 Å². The third-order valence-corrected chi connectivity index (χ3v) is 6.40. The van der Waals surface area contributed by atoms with Gasteiger partial charge in [-0.05, 0) is 6.42 Å². The smallest absolute Gasteiger partial charge is 0.343 e. The molecule has 1 aliphatic rings. The second kappa shape index (κ2) is 12.7. The number of rotatable bonds is 8. The van der Waals surface area contributed by atoms with E-state index in [1.807, 2.05) is 57.0 Å². The van der Waals surface area contributed by atoms with Crippen LogP contribution in [0, 0.1) is 0 Å². The molecule has 1 aromatic heterocycles. The minimum absolute atomic E-state index is 0.423. The fourth-order valence-electron chi connectivity index (χ4n) is 2.22. The zero-order valence-electron chi connectivity index (χ0n) is 18.1. The minimum Gasteiger partial charge on any atom is -0.347 e. The number of anilines is 3. The van der Waals surface area contributed by atoms with Gasteiger partial charge < -0.3 is 19.2 Å². The van der Waals surface area contributed by atoms with Gasteiger partial charge in [0.2, 0.25) is 17.8 Å². The van der Waals surface area contributed by atoms with Crippen LogP contribution in [-0.2, 0) is 9.09 Å². The van der Waals surface area contributed by atoms with Crippen LogP contribution in [0.3, 0.4) is 0 Å². The number of nitrogens with one attached hydrogen (secondary N) is 1. The molecule has 2 rings (SSSR count). The number of aromatic nitrogens is 3. The Balaban J connectivity index is 0.000000291. The van der Waals surface area contributed by atoms with E-state index in [1.54, 1.807) is 4.67 Å². The molecule has 0 aliphatic carbocycles. The summed E-state index contributed by atoms with van der Waals surface area (Å²) in [6, 6.07) is 0. The summed E-state index contributed by atoms with van der Waals surface area (Å²) in [7, 11) is 8.62. The molecule has 0 aromatic carbocycles. The molecule has 1 unspecified atom stereocenters. The van der Waals surface area contributed by atoms with Crippen LogP contribution < -0.4 is 19.8 Å². The van der Waals surface area contributed by atoms with Gasteiger partial charge in [-0.2, -0.15) is 15.0 Å². The zero-order valence-corrected chi connectivity index (χ0v) is 20.5. The van der Waals surface area contributed by atoms with Crippen molar-refractivity contribution >= 4 is 48.7 Å². The first kappa shape index (κ1) is 26.1. The molecule has 1 atom stereocenters. The van der Waals surface area contributed by atoms with Gasteiger partial charge in [0.25, 0.3) is 0 Å².